The van der Waals surface area contributed by atoms with Gasteiger partial charge in [-0.05, 0) is 51.5 Å². The summed E-state index contributed by atoms with van der Waals surface area (Å²) >= 11 is 0. The number of carbonyl (C=O) groups is 1. The molecule has 124 valence electrons. The molecule has 0 radical (unpaired) electrons. The van der Waals surface area contributed by atoms with Crippen LogP contribution in [0.4, 0.5) is 5.69 Å². The molecule has 0 spiro atoms. The SMILES string of the molecule is CCCCC[C@](C)(OCC)C(=O)Nc1ccc(OCC)cc1. The summed E-state index contributed by atoms with van der Waals surface area (Å²) in [5.74, 6) is 0.714. The smallest absolute Gasteiger partial charge is 0.256 e. The zero-order valence-corrected chi connectivity index (χ0v) is 14.3. The summed E-state index contributed by atoms with van der Waals surface area (Å²) in [5.41, 5.74) is -0.0161. The van der Waals surface area contributed by atoms with Crippen molar-refractivity contribution < 1.29 is 14.3 Å². The van der Waals surface area contributed by atoms with Gasteiger partial charge in [0, 0.05) is 12.3 Å². The molecule has 0 bridgehead atoms. The number of carbonyl (C=O) groups excluding carboxylic acids is 1. The molecule has 0 saturated carbocycles. The lowest BCUT2D eigenvalue weighted by Crippen LogP contribution is -2.42. The second kappa shape index (κ2) is 9.46. The van der Waals surface area contributed by atoms with Crippen LogP contribution in [-0.4, -0.2) is 24.7 Å². The van der Waals surface area contributed by atoms with Crippen LogP contribution in [0.1, 0.15) is 53.4 Å². The van der Waals surface area contributed by atoms with E-state index in [-0.39, 0.29) is 5.91 Å². The number of unbranched alkanes of at least 4 members (excludes halogenated alkanes) is 2. The van der Waals surface area contributed by atoms with Gasteiger partial charge < -0.3 is 14.8 Å². The monoisotopic (exact) mass is 307 g/mol. The number of benzene rings is 1. The quantitative estimate of drug-likeness (QED) is 0.652. The Morgan fingerprint density at radius 1 is 1.09 bits per heavy atom. The summed E-state index contributed by atoms with van der Waals surface area (Å²) in [7, 11) is 0. The number of nitrogens with one attached hydrogen (secondary N) is 1. The predicted octanol–water partition coefficient (Wildman–Crippen LogP) is 4.40. The Labute approximate surface area is 134 Å². The Kier molecular flexibility index (Phi) is 7.96. The van der Waals surface area contributed by atoms with E-state index in [9.17, 15) is 4.79 Å². The molecule has 1 rings (SSSR count). The normalized spacial score (nSPS) is 13.5. The van der Waals surface area contributed by atoms with E-state index in [0.29, 0.717) is 13.2 Å². The van der Waals surface area contributed by atoms with E-state index in [4.69, 9.17) is 9.47 Å². The first-order valence-corrected chi connectivity index (χ1v) is 8.24. The standard InChI is InChI=1S/C18H29NO3/c1-5-8-9-14-18(4,22-7-3)17(20)19-15-10-12-16(13-11-15)21-6-2/h10-13H,5-9,14H2,1-4H3,(H,19,20)/t18-/m0/s1. The molecule has 0 aliphatic rings. The molecule has 1 N–H and O–H groups in total. The summed E-state index contributed by atoms with van der Waals surface area (Å²) in [6, 6.07) is 7.41. The van der Waals surface area contributed by atoms with E-state index in [1.807, 2.05) is 45.0 Å². The van der Waals surface area contributed by atoms with Crippen molar-refractivity contribution >= 4 is 11.6 Å². The van der Waals surface area contributed by atoms with E-state index >= 15 is 0 Å². The van der Waals surface area contributed by atoms with Crippen molar-refractivity contribution in [2.75, 3.05) is 18.5 Å². The first-order chi connectivity index (χ1) is 10.6. The average molecular weight is 307 g/mol. The van der Waals surface area contributed by atoms with Gasteiger partial charge in [0.2, 0.25) is 0 Å². The van der Waals surface area contributed by atoms with Gasteiger partial charge in [0.1, 0.15) is 11.4 Å². The number of anilines is 1. The van der Waals surface area contributed by atoms with E-state index < -0.39 is 5.60 Å². The molecule has 0 unspecified atom stereocenters. The third-order valence-electron chi connectivity index (χ3n) is 3.62. The van der Waals surface area contributed by atoms with Gasteiger partial charge in [-0.3, -0.25) is 4.79 Å². The highest BCUT2D eigenvalue weighted by Crippen LogP contribution is 2.23. The van der Waals surface area contributed by atoms with E-state index in [1.165, 1.54) is 0 Å². The van der Waals surface area contributed by atoms with Gasteiger partial charge >= 0.3 is 0 Å². The maximum Gasteiger partial charge on any atom is 0.256 e. The van der Waals surface area contributed by atoms with E-state index in [0.717, 1.165) is 37.1 Å². The minimum absolute atomic E-state index is 0.0883. The van der Waals surface area contributed by atoms with Crippen molar-refractivity contribution in [3.05, 3.63) is 24.3 Å². The topological polar surface area (TPSA) is 47.6 Å². The first kappa shape index (κ1) is 18.5. The van der Waals surface area contributed by atoms with E-state index in [2.05, 4.69) is 12.2 Å². The Balaban J connectivity index is 2.68. The average Bonchev–Trinajstić information content (AvgIpc) is 2.50. The van der Waals surface area contributed by atoms with Crippen LogP contribution < -0.4 is 10.1 Å². The van der Waals surface area contributed by atoms with Crippen LogP contribution >= 0.6 is 0 Å². The van der Waals surface area contributed by atoms with Crippen molar-refractivity contribution in [2.45, 2.75) is 59.0 Å². The maximum absolute atomic E-state index is 12.6. The largest absolute Gasteiger partial charge is 0.494 e. The predicted molar refractivity (Wildman–Crippen MR) is 90.4 cm³/mol. The third kappa shape index (κ3) is 5.68. The zero-order valence-electron chi connectivity index (χ0n) is 14.3. The Morgan fingerprint density at radius 3 is 2.32 bits per heavy atom. The van der Waals surface area contributed by atoms with Crippen LogP contribution in [0.15, 0.2) is 24.3 Å². The minimum Gasteiger partial charge on any atom is -0.494 e. The molecule has 0 aliphatic carbocycles. The lowest BCUT2D eigenvalue weighted by molar-refractivity contribution is -0.139. The Bertz CT molecular complexity index is 444. The molecule has 0 fully saturated rings. The molecule has 0 heterocycles. The summed E-state index contributed by atoms with van der Waals surface area (Å²) in [6.45, 7) is 9.04. The lowest BCUT2D eigenvalue weighted by atomic mass is 9.96. The van der Waals surface area contributed by atoms with Gasteiger partial charge in [-0.15, -0.1) is 0 Å². The van der Waals surface area contributed by atoms with Gasteiger partial charge in [0.05, 0.1) is 6.61 Å². The van der Waals surface area contributed by atoms with Crippen LogP contribution in [0.25, 0.3) is 0 Å². The van der Waals surface area contributed by atoms with Crippen molar-refractivity contribution in [3.8, 4) is 5.75 Å². The molecule has 1 amide bonds. The molecule has 1 aromatic rings. The first-order valence-electron chi connectivity index (χ1n) is 8.24. The lowest BCUT2D eigenvalue weighted by Gasteiger charge is -2.28. The number of amides is 1. The van der Waals surface area contributed by atoms with Crippen LogP contribution in [0.2, 0.25) is 0 Å². The van der Waals surface area contributed by atoms with Crippen LogP contribution in [-0.2, 0) is 9.53 Å². The fourth-order valence-corrected chi connectivity index (χ4v) is 2.35. The van der Waals surface area contributed by atoms with Crippen molar-refractivity contribution in [1.29, 1.82) is 0 Å². The third-order valence-corrected chi connectivity index (χ3v) is 3.62. The molecule has 4 nitrogen and oxygen atoms in total. The van der Waals surface area contributed by atoms with Gasteiger partial charge in [-0.2, -0.15) is 0 Å². The summed E-state index contributed by atoms with van der Waals surface area (Å²) < 4.78 is 11.1. The molecule has 0 aliphatic heterocycles. The fraction of sp³-hybridized carbons (Fsp3) is 0.611. The Hall–Kier alpha value is -1.55. The van der Waals surface area contributed by atoms with Crippen LogP contribution in [0.3, 0.4) is 0 Å². The molecule has 1 aromatic carbocycles. The van der Waals surface area contributed by atoms with Crippen LogP contribution in [0, 0.1) is 0 Å². The number of rotatable bonds is 10. The highest BCUT2D eigenvalue weighted by atomic mass is 16.5. The van der Waals surface area contributed by atoms with Gasteiger partial charge in [0.15, 0.2) is 0 Å². The molecule has 4 heteroatoms. The highest BCUT2D eigenvalue weighted by Gasteiger charge is 2.33. The summed E-state index contributed by atoms with van der Waals surface area (Å²) in [4.78, 5) is 12.6. The van der Waals surface area contributed by atoms with Gasteiger partial charge in [0.25, 0.3) is 5.91 Å². The Morgan fingerprint density at radius 2 is 1.77 bits per heavy atom. The van der Waals surface area contributed by atoms with Gasteiger partial charge in [-0.1, -0.05) is 26.2 Å². The number of hydrogen-bond acceptors (Lipinski definition) is 3. The highest BCUT2D eigenvalue weighted by molar-refractivity contribution is 5.97. The molecular weight excluding hydrogens is 278 g/mol. The summed E-state index contributed by atoms with van der Waals surface area (Å²) in [6.07, 6.45) is 3.96. The van der Waals surface area contributed by atoms with Crippen LogP contribution in [0.5, 0.6) is 5.75 Å². The number of ether oxygens (including phenoxy) is 2. The fourth-order valence-electron chi connectivity index (χ4n) is 2.35. The van der Waals surface area contributed by atoms with E-state index in [1.54, 1.807) is 0 Å². The zero-order chi connectivity index (χ0) is 16.4. The molecule has 1 atom stereocenters. The summed E-state index contributed by atoms with van der Waals surface area (Å²) in [5, 5.41) is 2.94. The second-order valence-corrected chi connectivity index (χ2v) is 5.53. The maximum atomic E-state index is 12.6. The molecular formula is C18H29NO3. The number of hydrogen-bond donors (Lipinski definition) is 1. The van der Waals surface area contributed by atoms with Crippen molar-refractivity contribution in [2.24, 2.45) is 0 Å². The molecule has 0 saturated heterocycles. The van der Waals surface area contributed by atoms with Crippen molar-refractivity contribution in [3.63, 3.8) is 0 Å². The molecule has 0 aromatic heterocycles. The van der Waals surface area contributed by atoms with Crippen molar-refractivity contribution in [1.82, 2.24) is 0 Å². The second-order valence-electron chi connectivity index (χ2n) is 5.53. The minimum atomic E-state index is -0.775. The van der Waals surface area contributed by atoms with Gasteiger partial charge in [-0.25, -0.2) is 0 Å². The molecule has 22 heavy (non-hydrogen) atoms.